The number of ether oxygens (including phenoxy) is 1. The number of nitrogens with one attached hydrogen (secondary N) is 1. The van der Waals surface area contributed by atoms with Crippen LogP contribution in [-0.4, -0.2) is 46.7 Å². The lowest BCUT2D eigenvalue weighted by atomic mass is 9.92. The summed E-state index contributed by atoms with van der Waals surface area (Å²) in [6.07, 6.45) is 3.89. The highest BCUT2D eigenvalue weighted by atomic mass is 16.5. The van der Waals surface area contributed by atoms with Gasteiger partial charge in [0.05, 0.1) is 13.2 Å². The molecule has 3 heterocycles. The molecule has 7 heteroatoms. The molecule has 0 atom stereocenters. The Balaban J connectivity index is 1.67. The highest BCUT2D eigenvalue weighted by molar-refractivity contribution is 5.91. The molecule has 1 N–H and O–H groups in total. The van der Waals surface area contributed by atoms with Crippen LogP contribution in [-0.2, 0) is 9.53 Å². The summed E-state index contributed by atoms with van der Waals surface area (Å²) in [6.45, 7) is 9.37. The van der Waals surface area contributed by atoms with Gasteiger partial charge in [-0.25, -0.2) is 9.97 Å². The van der Waals surface area contributed by atoms with E-state index in [-0.39, 0.29) is 11.3 Å². The molecule has 2 aromatic heterocycles. The van der Waals surface area contributed by atoms with Crippen molar-refractivity contribution in [1.82, 2.24) is 14.5 Å². The monoisotopic (exact) mass is 371 g/mol. The summed E-state index contributed by atoms with van der Waals surface area (Å²) in [5.41, 5.74) is 1.65. The van der Waals surface area contributed by atoms with E-state index in [2.05, 4.69) is 35.6 Å². The minimum atomic E-state index is -0.0564. The maximum absolute atomic E-state index is 12.5. The second-order valence-corrected chi connectivity index (χ2v) is 8.79. The van der Waals surface area contributed by atoms with Gasteiger partial charge in [0, 0.05) is 25.6 Å². The van der Waals surface area contributed by atoms with Crippen LogP contribution in [0, 0.1) is 5.41 Å². The number of fused-ring (bicyclic) bond motifs is 1. The Morgan fingerprint density at radius 1 is 1.22 bits per heavy atom. The number of amides is 1. The zero-order valence-electron chi connectivity index (χ0n) is 16.5. The Bertz CT molecular complexity index is 829. The maximum atomic E-state index is 12.5. The number of aromatic nitrogens is 3. The summed E-state index contributed by atoms with van der Waals surface area (Å²) in [4.78, 5) is 24.4. The molecule has 1 aliphatic heterocycles. The zero-order valence-corrected chi connectivity index (χ0v) is 16.5. The predicted molar refractivity (Wildman–Crippen MR) is 106 cm³/mol. The molecule has 0 spiro atoms. The van der Waals surface area contributed by atoms with E-state index in [9.17, 15) is 4.79 Å². The number of hydrogen-bond donors (Lipinski definition) is 1. The van der Waals surface area contributed by atoms with E-state index in [0.717, 1.165) is 56.1 Å². The molecule has 7 nitrogen and oxygen atoms in total. The van der Waals surface area contributed by atoms with Crippen molar-refractivity contribution in [2.45, 2.75) is 52.5 Å². The number of pyridine rings is 1. The van der Waals surface area contributed by atoms with Gasteiger partial charge in [-0.2, -0.15) is 0 Å². The van der Waals surface area contributed by atoms with E-state index in [0.29, 0.717) is 18.4 Å². The molecule has 4 rings (SSSR count). The summed E-state index contributed by atoms with van der Waals surface area (Å²) in [5, 5.41) is 3.04. The molecule has 1 aliphatic carbocycles. The zero-order chi connectivity index (χ0) is 19.0. The van der Waals surface area contributed by atoms with Gasteiger partial charge in [-0.05, 0) is 36.8 Å². The highest BCUT2D eigenvalue weighted by Gasteiger charge is 2.27. The first-order chi connectivity index (χ1) is 12.9. The SMILES string of the molecule is CC(C)(C)CC(=O)Nc1nc2ccc(N3CCOCC3)nc2n1C1CCC1. The number of nitrogens with zero attached hydrogens (tertiary/aromatic N) is 4. The largest absolute Gasteiger partial charge is 0.378 e. The summed E-state index contributed by atoms with van der Waals surface area (Å²) >= 11 is 0. The molecule has 1 amide bonds. The molecule has 1 saturated heterocycles. The number of carbonyl (C=O) groups is 1. The summed E-state index contributed by atoms with van der Waals surface area (Å²) in [6, 6.07) is 4.40. The van der Waals surface area contributed by atoms with Gasteiger partial charge in [0.2, 0.25) is 11.9 Å². The van der Waals surface area contributed by atoms with Crippen molar-refractivity contribution >= 4 is 28.8 Å². The van der Waals surface area contributed by atoms with Gasteiger partial charge in [-0.1, -0.05) is 20.8 Å². The predicted octanol–water partition coefficient (Wildman–Crippen LogP) is 3.37. The topological polar surface area (TPSA) is 72.3 Å². The number of carbonyl (C=O) groups excluding carboxylic acids is 1. The number of anilines is 2. The smallest absolute Gasteiger partial charge is 0.227 e. The minimum Gasteiger partial charge on any atom is -0.378 e. The van der Waals surface area contributed by atoms with Gasteiger partial charge in [0.1, 0.15) is 11.3 Å². The highest BCUT2D eigenvalue weighted by Crippen LogP contribution is 2.37. The third-order valence-electron chi connectivity index (χ3n) is 5.24. The van der Waals surface area contributed by atoms with Crippen molar-refractivity contribution in [3.8, 4) is 0 Å². The van der Waals surface area contributed by atoms with Crippen LogP contribution in [0.1, 0.15) is 52.5 Å². The van der Waals surface area contributed by atoms with Crippen LogP contribution in [0.15, 0.2) is 12.1 Å². The quantitative estimate of drug-likeness (QED) is 0.892. The van der Waals surface area contributed by atoms with Gasteiger partial charge in [-0.3, -0.25) is 14.7 Å². The normalized spacial score (nSPS) is 18.6. The van der Waals surface area contributed by atoms with Crippen LogP contribution in [0.25, 0.3) is 11.2 Å². The Morgan fingerprint density at radius 2 is 1.96 bits per heavy atom. The van der Waals surface area contributed by atoms with Crippen molar-refractivity contribution in [2.24, 2.45) is 5.41 Å². The molecule has 1 saturated carbocycles. The van der Waals surface area contributed by atoms with Gasteiger partial charge < -0.3 is 9.64 Å². The summed E-state index contributed by atoms with van der Waals surface area (Å²) in [7, 11) is 0. The molecule has 0 bridgehead atoms. The van der Waals surface area contributed by atoms with E-state index in [1.54, 1.807) is 0 Å². The Hall–Kier alpha value is -2.15. The first-order valence-electron chi connectivity index (χ1n) is 9.92. The molecular formula is C20H29N5O2. The number of morpholine rings is 1. The fourth-order valence-corrected chi connectivity index (χ4v) is 3.66. The van der Waals surface area contributed by atoms with E-state index < -0.39 is 0 Å². The van der Waals surface area contributed by atoms with Gasteiger partial charge >= 0.3 is 0 Å². The van der Waals surface area contributed by atoms with Crippen molar-refractivity contribution in [3.63, 3.8) is 0 Å². The van der Waals surface area contributed by atoms with Crippen LogP contribution in [0.3, 0.4) is 0 Å². The lowest BCUT2D eigenvalue weighted by Crippen LogP contribution is -2.36. The first kappa shape index (κ1) is 18.2. The van der Waals surface area contributed by atoms with Crippen LogP contribution >= 0.6 is 0 Å². The van der Waals surface area contributed by atoms with Crippen molar-refractivity contribution in [2.75, 3.05) is 36.5 Å². The van der Waals surface area contributed by atoms with Gasteiger partial charge in [-0.15, -0.1) is 0 Å². The average molecular weight is 371 g/mol. The summed E-state index contributed by atoms with van der Waals surface area (Å²) < 4.78 is 7.59. The van der Waals surface area contributed by atoms with E-state index in [4.69, 9.17) is 14.7 Å². The van der Waals surface area contributed by atoms with E-state index in [1.165, 1.54) is 6.42 Å². The van der Waals surface area contributed by atoms with Crippen LogP contribution < -0.4 is 10.2 Å². The van der Waals surface area contributed by atoms with Crippen molar-refractivity contribution in [1.29, 1.82) is 0 Å². The molecule has 27 heavy (non-hydrogen) atoms. The molecule has 2 aromatic rings. The third kappa shape index (κ3) is 3.93. The number of hydrogen-bond acceptors (Lipinski definition) is 5. The van der Waals surface area contributed by atoms with Crippen molar-refractivity contribution < 1.29 is 9.53 Å². The molecule has 146 valence electrons. The second-order valence-electron chi connectivity index (χ2n) is 8.79. The Morgan fingerprint density at radius 3 is 2.59 bits per heavy atom. The molecule has 2 fully saturated rings. The standard InChI is InChI=1S/C20H29N5O2/c1-20(2,3)13-17(26)23-19-21-15-7-8-16(24-9-11-27-12-10-24)22-18(15)25(19)14-5-4-6-14/h7-8,14H,4-6,9-13H2,1-3H3,(H,21,23,26). The Kier molecular flexibility index (Phi) is 4.80. The van der Waals surface area contributed by atoms with E-state index in [1.807, 2.05) is 12.1 Å². The maximum Gasteiger partial charge on any atom is 0.227 e. The van der Waals surface area contributed by atoms with Crippen LogP contribution in [0.2, 0.25) is 0 Å². The number of imidazole rings is 1. The minimum absolute atomic E-state index is 0.00628. The lowest BCUT2D eigenvalue weighted by Gasteiger charge is -2.30. The first-order valence-corrected chi connectivity index (χ1v) is 9.92. The lowest BCUT2D eigenvalue weighted by molar-refractivity contribution is -0.117. The second kappa shape index (κ2) is 7.11. The van der Waals surface area contributed by atoms with Crippen LogP contribution in [0.5, 0.6) is 0 Å². The third-order valence-corrected chi connectivity index (χ3v) is 5.24. The van der Waals surface area contributed by atoms with Crippen molar-refractivity contribution in [3.05, 3.63) is 12.1 Å². The molecule has 0 aromatic carbocycles. The fourth-order valence-electron chi connectivity index (χ4n) is 3.66. The van der Waals surface area contributed by atoms with Crippen LogP contribution in [0.4, 0.5) is 11.8 Å². The van der Waals surface area contributed by atoms with E-state index >= 15 is 0 Å². The van der Waals surface area contributed by atoms with Gasteiger partial charge in [0.25, 0.3) is 0 Å². The average Bonchev–Trinajstić information content (AvgIpc) is 2.89. The Labute approximate surface area is 160 Å². The molecular weight excluding hydrogens is 342 g/mol. The summed E-state index contributed by atoms with van der Waals surface area (Å²) in [5.74, 6) is 1.60. The molecule has 0 radical (unpaired) electrons. The fraction of sp³-hybridized carbons (Fsp3) is 0.650. The molecule has 2 aliphatic rings. The number of rotatable bonds is 4. The molecule has 0 unspecified atom stereocenters. The van der Waals surface area contributed by atoms with Gasteiger partial charge in [0.15, 0.2) is 5.65 Å².